The van der Waals surface area contributed by atoms with Crippen LogP contribution < -0.4 is 11.1 Å². The maximum atomic E-state index is 10.5. The summed E-state index contributed by atoms with van der Waals surface area (Å²) < 4.78 is 4.76. The Bertz CT molecular complexity index is 423. The normalized spacial score (nSPS) is 10.3. The van der Waals surface area contributed by atoms with E-state index in [2.05, 4.69) is 39.2 Å². The van der Waals surface area contributed by atoms with Gasteiger partial charge < -0.3 is 15.8 Å². The average Bonchev–Trinajstić information content (AvgIpc) is 2.67. The van der Waals surface area contributed by atoms with Gasteiger partial charge >= 0.3 is 5.97 Å². The van der Waals surface area contributed by atoms with E-state index in [9.17, 15) is 9.59 Å². The second-order valence-corrected chi connectivity index (χ2v) is 7.11. The number of allylic oxidation sites excluding steroid dienone is 1. The number of esters is 1. The molecular formula is C25H52N2O3. The molecule has 3 N–H and O–H groups in total. The summed E-state index contributed by atoms with van der Waals surface area (Å²) >= 11 is 0. The molecule has 0 aromatic carbocycles. The Morgan fingerprint density at radius 1 is 1.17 bits per heavy atom. The maximum Gasteiger partial charge on any atom is 0.330 e. The van der Waals surface area contributed by atoms with Gasteiger partial charge in [0.15, 0.2) is 0 Å². The molecule has 0 heterocycles. The Balaban J connectivity index is -0.000000112. The second-order valence-electron chi connectivity index (χ2n) is 7.11. The van der Waals surface area contributed by atoms with Crippen molar-refractivity contribution in [2.75, 3.05) is 6.54 Å². The highest BCUT2D eigenvalue weighted by Gasteiger charge is 2.15. The summed E-state index contributed by atoms with van der Waals surface area (Å²) in [7, 11) is 0. The Labute approximate surface area is 188 Å². The fraction of sp³-hybridized carbons (Fsp3) is 0.680. The molecule has 0 spiro atoms. The predicted octanol–water partition coefficient (Wildman–Crippen LogP) is 6.20. The molecule has 0 saturated carbocycles. The van der Waals surface area contributed by atoms with Gasteiger partial charge in [0.25, 0.3) is 0 Å². The molecule has 0 fully saturated rings. The molecule has 180 valence electrons. The highest BCUT2D eigenvalue weighted by Crippen LogP contribution is 2.23. The zero-order chi connectivity index (χ0) is 25.2. The molecule has 0 aliphatic carbocycles. The van der Waals surface area contributed by atoms with E-state index in [1.165, 1.54) is 6.08 Å². The monoisotopic (exact) mass is 428 g/mol. The van der Waals surface area contributed by atoms with Gasteiger partial charge in [-0.25, -0.2) is 4.79 Å². The molecule has 0 bridgehead atoms. The van der Waals surface area contributed by atoms with Crippen LogP contribution in [-0.2, 0) is 14.3 Å². The zero-order valence-corrected chi connectivity index (χ0v) is 21.8. The lowest BCUT2D eigenvalue weighted by Crippen LogP contribution is -2.30. The van der Waals surface area contributed by atoms with Gasteiger partial charge in [-0.1, -0.05) is 80.7 Å². The van der Waals surface area contributed by atoms with Gasteiger partial charge in [0.2, 0.25) is 6.41 Å². The molecule has 5 heteroatoms. The summed E-state index contributed by atoms with van der Waals surface area (Å²) in [6.45, 7) is 30.1. The quantitative estimate of drug-likeness (QED) is 0.209. The van der Waals surface area contributed by atoms with E-state index >= 15 is 0 Å². The number of hydrogen-bond acceptors (Lipinski definition) is 4. The van der Waals surface area contributed by atoms with Gasteiger partial charge in [-0.3, -0.25) is 4.79 Å². The SMILES string of the molecule is C/C=C/C(=O)OC(C)C.C=CC(=C)C(CCC(C)(C)C)NC=O.CC.CC.CCN. The van der Waals surface area contributed by atoms with Gasteiger partial charge in [-0.15, -0.1) is 0 Å². The summed E-state index contributed by atoms with van der Waals surface area (Å²) in [6, 6.07) is 0.0317. The number of rotatable bonds is 8. The third-order valence-corrected chi connectivity index (χ3v) is 2.82. The molecule has 5 nitrogen and oxygen atoms in total. The Kier molecular flexibility index (Phi) is 37.8. The minimum atomic E-state index is -0.271. The van der Waals surface area contributed by atoms with Gasteiger partial charge in [0, 0.05) is 6.08 Å². The number of carbonyl (C=O) groups excluding carboxylic acids is 2. The number of ether oxygens (including phenoxy) is 1. The van der Waals surface area contributed by atoms with Crippen molar-refractivity contribution in [3.8, 4) is 0 Å². The third-order valence-electron chi connectivity index (χ3n) is 2.82. The fourth-order valence-electron chi connectivity index (χ4n) is 1.59. The lowest BCUT2D eigenvalue weighted by molar-refractivity contribution is -0.141. The number of amides is 1. The van der Waals surface area contributed by atoms with Crippen LogP contribution in [0.1, 0.15) is 89.0 Å². The van der Waals surface area contributed by atoms with Crippen molar-refractivity contribution in [3.05, 3.63) is 37.0 Å². The average molecular weight is 429 g/mol. The number of nitrogens with one attached hydrogen (secondary N) is 1. The van der Waals surface area contributed by atoms with Crippen LogP contribution in [0.15, 0.2) is 37.0 Å². The van der Waals surface area contributed by atoms with Gasteiger partial charge in [0.1, 0.15) is 0 Å². The summed E-state index contributed by atoms with van der Waals surface area (Å²) in [6.07, 6.45) is 7.42. The Morgan fingerprint density at radius 2 is 1.60 bits per heavy atom. The first kappa shape index (κ1) is 38.7. The molecule has 30 heavy (non-hydrogen) atoms. The summed E-state index contributed by atoms with van der Waals surface area (Å²) in [5, 5.41) is 2.75. The summed E-state index contributed by atoms with van der Waals surface area (Å²) in [4.78, 5) is 20.9. The number of hydrogen-bond donors (Lipinski definition) is 2. The molecule has 0 aliphatic rings. The number of carbonyl (C=O) groups is 2. The molecule has 0 aromatic heterocycles. The topological polar surface area (TPSA) is 81.4 Å². The minimum absolute atomic E-state index is 0.0197. The van der Waals surface area contributed by atoms with Gasteiger partial charge in [0.05, 0.1) is 12.1 Å². The van der Waals surface area contributed by atoms with E-state index in [-0.39, 0.29) is 23.5 Å². The van der Waals surface area contributed by atoms with Crippen LogP contribution in [0.4, 0.5) is 0 Å². The third kappa shape index (κ3) is 40.7. The van der Waals surface area contributed by atoms with Crippen LogP contribution in [0.2, 0.25) is 0 Å². The Hall–Kier alpha value is -1.88. The molecule has 0 aliphatic heterocycles. The van der Waals surface area contributed by atoms with Crippen LogP contribution in [0.25, 0.3) is 0 Å². The van der Waals surface area contributed by atoms with Crippen LogP contribution in [0.3, 0.4) is 0 Å². The van der Waals surface area contributed by atoms with Crippen LogP contribution in [0, 0.1) is 5.41 Å². The van der Waals surface area contributed by atoms with Crippen molar-refractivity contribution in [1.29, 1.82) is 0 Å². The molecule has 0 saturated heterocycles. The van der Waals surface area contributed by atoms with E-state index in [1.54, 1.807) is 19.1 Å². The predicted molar refractivity (Wildman–Crippen MR) is 134 cm³/mol. The molecule has 0 rings (SSSR count). The highest BCUT2D eigenvalue weighted by molar-refractivity contribution is 5.81. The lowest BCUT2D eigenvalue weighted by Gasteiger charge is -2.23. The molecule has 1 amide bonds. The molecule has 1 atom stereocenters. The van der Waals surface area contributed by atoms with Crippen molar-refractivity contribution in [2.24, 2.45) is 11.1 Å². The standard InChI is InChI=1S/C12H21NO.C7H12O2.C2H7N.2C2H6/c1-6-10(2)11(13-9-14)7-8-12(3,4)5;1-4-5-7(8)9-6(2)3;1-2-3;2*1-2/h6,9,11H,1-2,7-8H2,3-5H3,(H,13,14);4-6H,1-3H3;2-3H2,1H3;2*1-2H3/b;5-4+;;;. The second kappa shape index (κ2) is 29.3. The summed E-state index contributed by atoms with van der Waals surface area (Å²) in [5.41, 5.74) is 6.01. The van der Waals surface area contributed by atoms with Crippen molar-refractivity contribution in [2.45, 2.75) is 101 Å². The first-order valence-electron chi connectivity index (χ1n) is 11.0. The summed E-state index contributed by atoms with van der Waals surface area (Å²) in [5.74, 6) is -0.271. The van der Waals surface area contributed by atoms with E-state index in [1.807, 2.05) is 48.5 Å². The largest absolute Gasteiger partial charge is 0.460 e. The zero-order valence-electron chi connectivity index (χ0n) is 21.8. The lowest BCUT2D eigenvalue weighted by atomic mass is 9.87. The fourth-order valence-corrected chi connectivity index (χ4v) is 1.59. The van der Waals surface area contributed by atoms with Crippen molar-refractivity contribution in [1.82, 2.24) is 5.32 Å². The smallest absolute Gasteiger partial charge is 0.330 e. The van der Waals surface area contributed by atoms with E-state index in [0.717, 1.165) is 31.4 Å². The van der Waals surface area contributed by atoms with Crippen LogP contribution in [-0.4, -0.2) is 31.1 Å². The van der Waals surface area contributed by atoms with Gasteiger partial charge in [-0.05, 0) is 51.1 Å². The Morgan fingerprint density at radius 3 is 1.87 bits per heavy atom. The van der Waals surface area contributed by atoms with Crippen molar-refractivity contribution in [3.63, 3.8) is 0 Å². The number of nitrogens with two attached hydrogens (primary N) is 1. The van der Waals surface area contributed by atoms with Gasteiger partial charge in [-0.2, -0.15) is 0 Å². The molecule has 1 unspecified atom stereocenters. The first-order chi connectivity index (χ1) is 14.0. The first-order valence-corrected chi connectivity index (χ1v) is 11.0. The van der Waals surface area contributed by atoms with Crippen molar-refractivity contribution < 1.29 is 14.3 Å². The van der Waals surface area contributed by atoms with E-state index in [0.29, 0.717) is 0 Å². The molecule has 0 aromatic rings. The minimum Gasteiger partial charge on any atom is -0.460 e. The highest BCUT2D eigenvalue weighted by atomic mass is 16.5. The van der Waals surface area contributed by atoms with Crippen LogP contribution >= 0.6 is 0 Å². The molecule has 0 radical (unpaired) electrons. The van der Waals surface area contributed by atoms with Crippen molar-refractivity contribution >= 4 is 12.4 Å². The van der Waals surface area contributed by atoms with E-state index in [4.69, 9.17) is 10.5 Å². The maximum absolute atomic E-state index is 10.5. The molecular weight excluding hydrogens is 376 g/mol. The van der Waals surface area contributed by atoms with Crippen LogP contribution in [0.5, 0.6) is 0 Å². The van der Waals surface area contributed by atoms with E-state index < -0.39 is 0 Å².